The molecule has 0 aliphatic rings. The van der Waals surface area contributed by atoms with E-state index in [0.29, 0.717) is 35.8 Å². The number of ether oxygens (including phenoxy) is 2. The molecule has 0 aliphatic heterocycles. The van der Waals surface area contributed by atoms with Crippen LogP contribution in [0.15, 0.2) is 78.9 Å². The Kier molecular flexibility index (Phi) is 7.67. The number of aryl methyl sites for hydroxylation is 1. The summed E-state index contributed by atoms with van der Waals surface area (Å²) in [6, 6.07) is 23.6. The van der Waals surface area contributed by atoms with Crippen LogP contribution in [-0.2, 0) is 21.1 Å². The zero-order chi connectivity index (χ0) is 22.1. The predicted octanol–water partition coefficient (Wildman–Crippen LogP) is 4.47. The van der Waals surface area contributed by atoms with Gasteiger partial charge in [0.15, 0.2) is 21.3 Å². The van der Waals surface area contributed by atoms with Crippen molar-refractivity contribution in [1.29, 1.82) is 0 Å². The summed E-state index contributed by atoms with van der Waals surface area (Å²) in [6.07, 6.45) is 1.14. The van der Waals surface area contributed by atoms with Crippen molar-refractivity contribution in [2.45, 2.75) is 12.8 Å². The second-order valence-electron chi connectivity index (χ2n) is 7.01. The van der Waals surface area contributed by atoms with Crippen molar-refractivity contribution in [3.05, 3.63) is 84.4 Å². The van der Waals surface area contributed by atoms with Crippen LogP contribution in [0.3, 0.4) is 0 Å². The Balaban J connectivity index is 1.49. The van der Waals surface area contributed by atoms with E-state index in [1.54, 1.807) is 43.5 Å². The van der Waals surface area contributed by atoms with Crippen molar-refractivity contribution in [2.75, 3.05) is 23.9 Å². The molecule has 6 nitrogen and oxygen atoms in total. The highest BCUT2D eigenvalue weighted by Crippen LogP contribution is 2.31. The maximum Gasteiger partial charge on any atom is 0.239 e. The third kappa shape index (κ3) is 7.15. The van der Waals surface area contributed by atoms with Gasteiger partial charge in [-0.05, 0) is 54.8 Å². The van der Waals surface area contributed by atoms with Crippen LogP contribution in [0, 0.1) is 0 Å². The monoisotopic (exact) mass is 439 g/mol. The van der Waals surface area contributed by atoms with Crippen molar-refractivity contribution in [3.8, 4) is 17.2 Å². The molecule has 1 amide bonds. The molecule has 162 valence electrons. The summed E-state index contributed by atoms with van der Waals surface area (Å²) in [6.45, 7) is 0. The summed E-state index contributed by atoms with van der Waals surface area (Å²) in [7, 11) is -1.91. The molecule has 0 saturated carbocycles. The molecule has 0 radical (unpaired) electrons. The standard InChI is InChI=1S/C24H25NO5S/c1-29-22-11-5-6-12-23(22)30-21-15-13-20(14-16-21)25-24(26)18-31(27,28)17-7-10-19-8-3-2-4-9-19/h2-6,8-9,11-16H,7,10,17-18H2,1H3,(H,25,26). The first-order chi connectivity index (χ1) is 14.9. The van der Waals surface area contributed by atoms with E-state index in [1.165, 1.54) is 0 Å². The van der Waals surface area contributed by atoms with Crippen molar-refractivity contribution in [1.82, 2.24) is 0 Å². The number of carbonyl (C=O) groups excluding carboxylic acids is 1. The van der Waals surface area contributed by atoms with Crippen LogP contribution in [0.4, 0.5) is 5.69 Å². The number of para-hydroxylation sites is 2. The predicted molar refractivity (Wildman–Crippen MR) is 122 cm³/mol. The number of anilines is 1. The summed E-state index contributed by atoms with van der Waals surface area (Å²) >= 11 is 0. The molecular weight excluding hydrogens is 414 g/mol. The molecule has 3 aromatic carbocycles. The molecule has 0 aliphatic carbocycles. The minimum absolute atomic E-state index is 0.0268. The zero-order valence-electron chi connectivity index (χ0n) is 17.3. The molecule has 31 heavy (non-hydrogen) atoms. The summed E-state index contributed by atoms with van der Waals surface area (Å²) < 4.78 is 35.5. The van der Waals surface area contributed by atoms with Gasteiger partial charge in [-0.2, -0.15) is 0 Å². The van der Waals surface area contributed by atoms with Crippen LogP contribution in [0.1, 0.15) is 12.0 Å². The topological polar surface area (TPSA) is 81.7 Å². The Morgan fingerprint density at radius 1 is 0.871 bits per heavy atom. The molecule has 0 atom stereocenters. The fourth-order valence-electron chi connectivity index (χ4n) is 3.05. The normalized spacial score (nSPS) is 11.0. The van der Waals surface area contributed by atoms with Gasteiger partial charge in [0.1, 0.15) is 11.5 Å². The van der Waals surface area contributed by atoms with Crippen molar-refractivity contribution in [3.63, 3.8) is 0 Å². The van der Waals surface area contributed by atoms with Gasteiger partial charge < -0.3 is 14.8 Å². The average Bonchev–Trinajstić information content (AvgIpc) is 2.75. The van der Waals surface area contributed by atoms with Crippen LogP contribution in [0.25, 0.3) is 0 Å². The van der Waals surface area contributed by atoms with E-state index in [9.17, 15) is 13.2 Å². The Bertz CT molecular complexity index is 1100. The zero-order valence-corrected chi connectivity index (χ0v) is 18.1. The van der Waals surface area contributed by atoms with Crippen LogP contribution < -0.4 is 14.8 Å². The van der Waals surface area contributed by atoms with Crippen LogP contribution in [-0.4, -0.2) is 32.9 Å². The number of carbonyl (C=O) groups is 1. The number of nitrogens with one attached hydrogen (secondary N) is 1. The first-order valence-corrected chi connectivity index (χ1v) is 11.7. The molecule has 0 unspecified atom stereocenters. The number of benzene rings is 3. The number of methoxy groups -OCH3 is 1. The van der Waals surface area contributed by atoms with Gasteiger partial charge in [0, 0.05) is 5.69 Å². The lowest BCUT2D eigenvalue weighted by Crippen LogP contribution is -2.24. The van der Waals surface area contributed by atoms with E-state index < -0.39 is 21.5 Å². The van der Waals surface area contributed by atoms with Crippen LogP contribution in [0.5, 0.6) is 17.2 Å². The fourth-order valence-corrected chi connectivity index (χ4v) is 4.25. The molecular formula is C24H25NO5S. The molecule has 3 rings (SSSR count). The molecule has 0 bridgehead atoms. The summed E-state index contributed by atoms with van der Waals surface area (Å²) in [5, 5.41) is 2.62. The van der Waals surface area contributed by atoms with E-state index in [0.717, 1.165) is 5.56 Å². The van der Waals surface area contributed by atoms with Gasteiger partial charge in [-0.3, -0.25) is 4.79 Å². The maximum absolute atomic E-state index is 12.2. The first kappa shape index (κ1) is 22.4. The van der Waals surface area contributed by atoms with E-state index in [4.69, 9.17) is 9.47 Å². The SMILES string of the molecule is COc1ccccc1Oc1ccc(NC(=O)CS(=O)(=O)CCCc2ccccc2)cc1. The van der Waals surface area contributed by atoms with Crippen molar-refractivity contribution < 1.29 is 22.7 Å². The van der Waals surface area contributed by atoms with Gasteiger partial charge in [0.05, 0.1) is 12.9 Å². The summed E-state index contributed by atoms with van der Waals surface area (Å²) in [4.78, 5) is 12.2. The van der Waals surface area contributed by atoms with Gasteiger partial charge in [0.25, 0.3) is 0 Å². The van der Waals surface area contributed by atoms with Crippen molar-refractivity contribution in [2.24, 2.45) is 0 Å². The highest BCUT2D eigenvalue weighted by molar-refractivity contribution is 7.92. The third-order valence-electron chi connectivity index (χ3n) is 4.55. The van der Waals surface area contributed by atoms with E-state index in [2.05, 4.69) is 5.32 Å². The van der Waals surface area contributed by atoms with Crippen molar-refractivity contribution >= 4 is 21.4 Å². The summed E-state index contributed by atoms with van der Waals surface area (Å²) in [5.74, 6) is 0.622. The van der Waals surface area contributed by atoms with Gasteiger partial charge >= 0.3 is 0 Å². The van der Waals surface area contributed by atoms with Gasteiger partial charge in [-0.15, -0.1) is 0 Å². The second kappa shape index (κ2) is 10.6. The second-order valence-corrected chi connectivity index (χ2v) is 9.19. The molecule has 0 fully saturated rings. The average molecular weight is 440 g/mol. The molecule has 7 heteroatoms. The maximum atomic E-state index is 12.2. The van der Waals surface area contributed by atoms with Crippen LogP contribution >= 0.6 is 0 Å². The first-order valence-electron chi connectivity index (χ1n) is 9.90. The molecule has 0 heterocycles. The lowest BCUT2D eigenvalue weighted by Gasteiger charge is -2.11. The Morgan fingerprint density at radius 3 is 2.19 bits per heavy atom. The summed E-state index contributed by atoms with van der Waals surface area (Å²) in [5.41, 5.74) is 1.58. The van der Waals surface area contributed by atoms with Gasteiger partial charge in [0.2, 0.25) is 5.91 Å². The molecule has 0 saturated heterocycles. The third-order valence-corrected chi connectivity index (χ3v) is 6.16. The number of hydrogen-bond donors (Lipinski definition) is 1. The number of sulfone groups is 1. The minimum atomic E-state index is -3.48. The lowest BCUT2D eigenvalue weighted by atomic mass is 10.1. The largest absolute Gasteiger partial charge is 0.493 e. The van der Waals surface area contributed by atoms with Crippen LogP contribution in [0.2, 0.25) is 0 Å². The fraction of sp³-hybridized carbons (Fsp3) is 0.208. The van der Waals surface area contributed by atoms with Gasteiger partial charge in [-0.25, -0.2) is 8.42 Å². The molecule has 3 aromatic rings. The quantitative estimate of drug-likeness (QED) is 0.504. The number of hydrogen-bond acceptors (Lipinski definition) is 5. The highest BCUT2D eigenvalue weighted by atomic mass is 32.2. The number of rotatable bonds is 10. The van der Waals surface area contributed by atoms with E-state index >= 15 is 0 Å². The minimum Gasteiger partial charge on any atom is -0.493 e. The van der Waals surface area contributed by atoms with E-state index in [1.807, 2.05) is 42.5 Å². The lowest BCUT2D eigenvalue weighted by molar-refractivity contribution is -0.113. The Morgan fingerprint density at radius 2 is 1.52 bits per heavy atom. The molecule has 0 aromatic heterocycles. The van der Waals surface area contributed by atoms with E-state index in [-0.39, 0.29) is 5.75 Å². The molecule has 1 N–H and O–H groups in total. The highest BCUT2D eigenvalue weighted by Gasteiger charge is 2.16. The molecule has 0 spiro atoms. The smallest absolute Gasteiger partial charge is 0.239 e. The Labute approximate surface area is 182 Å². The number of amides is 1. The Hall–Kier alpha value is -3.32. The van der Waals surface area contributed by atoms with Gasteiger partial charge in [-0.1, -0.05) is 42.5 Å².